The fourth-order valence-corrected chi connectivity index (χ4v) is 4.09. The van der Waals surface area contributed by atoms with Gasteiger partial charge in [0, 0.05) is 23.7 Å². The van der Waals surface area contributed by atoms with Gasteiger partial charge in [-0.1, -0.05) is 36.0 Å². The maximum atomic E-state index is 12.4. The standard InChI is InChI=1S/C23H22N4O3S/c1-3-5-20-26-27-21(28)13-18(25-23(27)31-20)14-30-19-10-8-17(9-11-19)24-22(29)16-7-4-6-15(2)12-16/h4,6-13H,3,5,14H2,1-2H3,(H,24,29). The van der Waals surface area contributed by atoms with Gasteiger partial charge in [-0.3, -0.25) is 9.59 Å². The van der Waals surface area contributed by atoms with Crippen molar-refractivity contribution in [3.05, 3.63) is 86.8 Å². The topological polar surface area (TPSA) is 85.6 Å². The molecule has 0 unspecified atom stereocenters. The molecule has 0 aliphatic carbocycles. The molecular weight excluding hydrogens is 412 g/mol. The number of aromatic nitrogens is 3. The minimum absolute atomic E-state index is 0.164. The molecule has 158 valence electrons. The summed E-state index contributed by atoms with van der Waals surface area (Å²) in [5.41, 5.74) is 2.65. The zero-order valence-electron chi connectivity index (χ0n) is 17.3. The van der Waals surface area contributed by atoms with E-state index in [-0.39, 0.29) is 18.1 Å². The predicted molar refractivity (Wildman–Crippen MR) is 121 cm³/mol. The molecule has 2 aromatic heterocycles. The lowest BCUT2D eigenvalue weighted by atomic mass is 10.1. The van der Waals surface area contributed by atoms with Crippen molar-refractivity contribution in [2.45, 2.75) is 33.3 Å². The van der Waals surface area contributed by atoms with Crippen LogP contribution in [0.2, 0.25) is 0 Å². The van der Waals surface area contributed by atoms with Gasteiger partial charge in [-0.05, 0) is 49.7 Å². The molecule has 1 N–H and O–H groups in total. The van der Waals surface area contributed by atoms with Gasteiger partial charge in [-0.2, -0.15) is 9.61 Å². The van der Waals surface area contributed by atoms with E-state index in [1.807, 2.05) is 25.1 Å². The highest BCUT2D eigenvalue weighted by Crippen LogP contribution is 2.18. The lowest BCUT2D eigenvalue weighted by Crippen LogP contribution is -2.16. The summed E-state index contributed by atoms with van der Waals surface area (Å²) in [6.45, 7) is 4.19. The second-order valence-electron chi connectivity index (χ2n) is 7.16. The number of carbonyl (C=O) groups excluding carboxylic acids is 1. The largest absolute Gasteiger partial charge is 0.487 e. The number of benzene rings is 2. The fraction of sp³-hybridized carbons (Fsp3) is 0.217. The van der Waals surface area contributed by atoms with Gasteiger partial charge < -0.3 is 10.1 Å². The third-order valence-corrected chi connectivity index (χ3v) is 5.55. The molecule has 2 heterocycles. The molecule has 7 nitrogen and oxygen atoms in total. The van der Waals surface area contributed by atoms with E-state index in [0.29, 0.717) is 27.7 Å². The number of anilines is 1. The minimum Gasteiger partial charge on any atom is -0.487 e. The van der Waals surface area contributed by atoms with Gasteiger partial charge in [0.25, 0.3) is 11.5 Å². The second-order valence-corrected chi connectivity index (χ2v) is 8.20. The zero-order valence-corrected chi connectivity index (χ0v) is 18.1. The first kappa shape index (κ1) is 20.7. The third-order valence-electron chi connectivity index (χ3n) is 4.58. The quantitative estimate of drug-likeness (QED) is 0.470. The van der Waals surface area contributed by atoms with E-state index in [9.17, 15) is 9.59 Å². The number of ether oxygens (including phenoxy) is 1. The van der Waals surface area contributed by atoms with Crippen molar-refractivity contribution in [3.8, 4) is 5.75 Å². The summed E-state index contributed by atoms with van der Waals surface area (Å²) in [4.78, 5) is 29.7. The van der Waals surface area contributed by atoms with Crippen molar-refractivity contribution in [1.29, 1.82) is 0 Å². The zero-order chi connectivity index (χ0) is 21.8. The van der Waals surface area contributed by atoms with Crippen LogP contribution in [0, 0.1) is 6.92 Å². The van der Waals surface area contributed by atoms with Crippen molar-refractivity contribution in [1.82, 2.24) is 14.6 Å². The monoisotopic (exact) mass is 434 g/mol. The number of hydrogen-bond acceptors (Lipinski definition) is 6. The average molecular weight is 435 g/mol. The van der Waals surface area contributed by atoms with Gasteiger partial charge in [0.2, 0.25) is 4.96 Å². The number of aryl methyl sites for hydroxylation is 2. The molecule has 0 saturated heterocycles. The molecule has 1 amide bonds. The first-order chi connectivity index (χ1) is 15.0. The molecule has 4 rings (SSSR count). The minimum atomic E-state index is -0.212. The van der Waals surface area contributed by atoms with Crippen LogP contribution in [0.1, 0.15) is 40.0 Å². The highest BCUT2D eigenvalue weighted by atomic mass is 32.1. The van der Waals surface area contributed by atoms with Crippen LogP contribution in [-0.2, 0) is 13.0 Å². The molecule has 4 aromatic rings. The number of nitrogens with one attached hydrogen (secondary N) is 1. The van der Waals surface area contributed by atoms with Crippen LogP contribution < -0.4 is 15.6 Å². The maximum absolute atomic E-state index is 12.4. The molecule has 0 radical (unpaired) electrons. The van der Waals surface area contributed by atoms with Gasteiger partial charge in [-0.15, -0.1) is 0 Å². The van der Waals surface area contributed by atoms with Crippen molar-refractivity contribution >= 4 is 27.9 Å². The van der Waals surface area contributed by atoms with E-state index in [2.05, 4.69) is 22.3 Å². The molecule has 0 bridgehead atoms. The molecule has 8 heteroatoms. The molecule has 0 aliphatic rings. The van der Waals surface area contributed by atoms with E-state index in [4.69, 9.17) is 4.74 Å². The maximum Gasteiger partial charge on any atom is 0.275 e. The van der Waals surface area contributed by atoms with Crippen molar-refractivity contribution < 1.29 is 9.53 Å². The van der Waals surface area contributed by atoms with Gasteiger partial charge in [0.05, 0.1) is 5.69 Å². The predicted octanol–water partition coefficient (Wildman–Crippen LogP) is 4.24. The fourth-order valence-electron chi connectivity index (χ4n) is 3.07. The molecule has 0 aliphatic heterocycles. The highest BCUT2D eigenvalue weighted by Gasteiger charge is 2.10. The molecule has 31 heavy (non-hydrogen) atoms. The molecule has 0 saturated carbocycles. The third kappa shape index (κ3) is 4.97. The van der Waals surface area contributed by atoms with Crippen molar-refractivity contribution in [2.75, 3.05) is 5.32 Å². The van der Waals surface area contributed by atoms with Gasteiger partial charge in [0.1, 0.15) is 17.4 Å². The number of carbonyl (C=O) groups is 1. The molecule has 0 fully saturated rings. The molecule has 2 aromatic carbocycles. The lowest BCUT2D eigenvalue weighted by molar-refractivity contribution is 0.102. The SMILES string of the molecule is CCCc1nn2c(=O)cc(COc3ccc(NC(=O)c4cccc(C)c4)cc3)nc2s1. The first-order valence-corrected chi connectivity index (χ1v) is 10.8. The smallest absolute Gasteiger partial charge is 0.275 e. The number of amides is 1. The summed E-state index contributed by atoms with van der Waals surface area (Å²) in [5, 5.41) is 8.07. The van der Waals surface area contributed by atoms with Crippen LogP contribution in [0.15, 0.2) is 59.4 Å². The van der Waals surface area contributed by atoms with Crippen LogP contribution in [0.4, 0.5) is 5.69 Å². The van der Waals surface area contributed by atoms with Crippen molar-refractivity contribution in [2.24, 2.45) is 0 Å². The van der Waals surface area contributed by atoms with E-state index in [1.165, 1.54) is 21.9 Å². The van der Waals surface area contributed by atoms with E-state index in [1.54, 1.807) is 30.3 Å². The van der Waals surface area contributed by atoms with Crippen LogP contribution in [0.25, 0.3) is 4.96 Å². The number of hydrogen-bond donors (Lipinski definition) is 1. The highest BCUT2D eigenvalue weighted by molar-refractivity contribution is 7.16. The second kappa shape index (κ2) is 9.09. The Kier molecular flexibility index (Phi) is 6.08. The Morgan fingerprint density at radius 1 is 1.16 bits per heavy atom. The summed E-state index contributed by atoms with van der Waals surface area (Å²) in [6.07, 6.45) is 1.79. The van der Waals surface area contributed by atoms with Crippen LogP contribution in [-0.4, -0.2) is 20.5 Å². The first-order valence-electron chi connectivity index (χ1n) is 10.0. The van der Waals surface area contributed by atoms with E-state index < -0.39 is 0 Å². The Bertz CT molecular complexity index is 1280. The summed E-state index contributed by atoms with van der Waals surface area (Å²) < 4.78 is 7.11. The number of nitrogens with zero attached hydrogens (tertiary/aromatic N) is 3. The van der Waals surface area contributed by atoms with Gasteiger partial charge in [0.15, 0.2) is 0 Å². The van der Waals surface area contributed by atoms with Crippen LogP contribution in [0.5, 0.6) is 5.75 Å². The van der Waals surface area contributed by atoms with E-state index >= 15 is 0 Å². The average Bonchev–Trinajstić information content (AvgIpc) is 3.17. The normalized spacial score (nSPS) is 10.9. The Morgan fingerprint density at radius 2 is 1.97 bits per heavy atom. The summed E-state index contributed by atoms with van der Waals surface area (Å²) in [5.74, 6) is 0.453. The molecule has 0 spiro atoms. The summed E-state index contributed by atoms with van der Waals surface area (Å²) >= 11 is 1.42. The summed E-state index contributed by atoms with van der Waals surface area (Å²) in [6, 6.07) is 15.9. The van der Waals surface area contributed by atoms with Gasteiger partial charge in [-0.25, -0.2) is 4.98 Å². The lowest BCUT2D eigenvalue weighted by Gasteiger charge is -2.08. The number of rotatable bonds is 7. The van der Waals surface area contributed by atoms with Crippen LogP contribution >= 0.6 is 11.3 Å². The van der Waals surface area contributed by atoms with Gasteiger partial charge >= 0.3 is 0 Å². The summed E-state index contributed by atoms with van der Waals surface area (Å²) in [7, 11) is 0. The Labute approximate surface area is 183 Å². The van der Waals surface area contributed by atoms with E-state index in [0.717, 1.165) is 23.4 Å². The number of fused-ring (bicyclic) bond motifs is 1. The van der Waals surface area contributed by atoms with Crippen molar-refractivity contribution in [3.63, 3.8) is 0 Å². The molecule has 0 atom stereocenters. The Balaban J connectivity index is 1.40. The molecular formula is C23H22N4O3S. The Morgan fingerprint density at radius 3 is 2.71 bits per heavy atom. The Hall–Kier alpha value is -3.52. The van der Waals surface area contributed by atoms with Crippen LogP contribution in [0.3, 0.4) is 0 Å².